The molecule has 5 aliphatic rings. The summed E-state index contributed by atoms with van der Waals surface area (Å²) in [7, 11) is 1.34. The Morgan fingerprint density at radius 3 is 2.12 bits per heavy atom. The summed E-state index contributed by atoms with van der Waals surface area (Å²) in [4.78, 5) is 40.5. The molecular weight excluding hydrogens is 883 g/mol. The number of nitrogens with zero attached hydrogens (tertiary/aromatic N) is 1. The van der Waals surface area contributed by atoms with Gasteiger partial charge < -0.3 is 69.5 Å². The van der Waals surface area contributed by atoms with Crippen LogP contribution in [0.25, 0.3) is 0 Å². The molecule has 18 nitrogen and oxygen atoms in total. The van der Waals surface area contributed by atoms with Crippen LogP contribution in [0.3, 0.4) is 0 Å². The number of carbonyl (C=O) groups is 3. The number of ether oxygens (including phenoxy) is 7. The highest BCUT2D eigenvalue weighted by molar-refractivity contribution is 6.31. The van der Waals surface area contributed by atoms with E-state index in [1.165, 1.54) is 19.3 Å². The van der Waals surface area contributed by atoms with Crippen molar-refractivity contribution in [2.24, 2.45) is 5.73 Å². The molecule has 2 amide bonds. The Morgan fingerprint density at radius 1 is 0.812 bits per heavy atom. The second-order valence-electron chi connectivity index (χ2n) is 15.5. The van der Waals surface area contributed by atoms with Crippen LogP contribution in [0.2, 0.25) is 0 Å². The van der Waals surface area contributed by atoms with Crippen LogP contribution < -0.4 is 5.73 Å². The van der Waals surface area contributed by atoms with Gasteiger partial charge in [0.05, 0.1) is 43.3 Å². The predicted molar refractivity (Wildman–Crippen MR) is 230 cm³/mol. The van der Waals surface area contributed by atoms with Gasteiger partial charge in [0.2, 0.25) is 5.91 Å². The van der Waals surface area contributed by atoms with Gasteiger partial charge in [0.15, 0.2) is 24.6 Å². The van der Waals surface area contributed by atoms with Crippen molar-refractivity contribution in [3.8, 4) is 0 Å². The Morgan fingerprint density at radius 2 is 1.47 bits per heavy atom. The van der Waals surface area contributed by atoms with Gasteiger partial charge in [0, 0.05) is 12.1 Å². The molecule has 5 fully saturated rings. The number of ketones is 1. The molecule has 8 N–H and O–H groups in total. The van der Waals surface area contributed by atoms with Crippen molar-refractivity contribution in [2.75, 3.05) is 20.3 Å². The van der Waals surface area contributed by atoms with E-state index in [4.69, 9.17) is 62.1 Å². The number of Topliss-reactive ketones (excluding diaryl/α,β-unsaturated/α-hetero) is 1. The van der Waals surface area contributed by atoms with Gasteiger partial charge in [-0.05, 0) is 38.5 Å². The normalized spacial score (nSPS) is 39.0. The van der Waals surface area contributed by atoms with Crippen molar-refractivity contribution in [1.82, 2.24) is 4.90 Å². The number of likely N-dealkylation sites (tertiary alicyclic amines) is 1. The number of allylic oxidation sites excluding steroid dienone is 15. The van der Waals surface area contributed by atoms with Gasteiger partial charge in [-0.2, -0.15) is 0 Å². The Bertz CT molecular complexity index is 1920. The van der Waals surface area contributed by atoms with E-state index in [0.717, 1.165) is 17.4 Å². The molecule has 5 aliphatic heterocycles. The number of aliphatic hydroxyl groups excluding tert-OH is 6. The number of amides is 2. The zero-order valence-corrected chi connectivity index (χ0v) is 36.8. The van der Waals surface area contributed by atoms with E-state index >= 15 is 0 Å². The van der Waals surface area contributed by atoms with Gasteiger partial charge in [-0.3, -0.25) is 19.3 Å². The first-order valence-electron chi connectivity index (χ1n) is 20.6. The Hall–Kier alpha value is -3.83. The van der Waals surface area contributed by atoms with Crippen molar-refractivity contribution in [3.05, 3.63) is 108 Å². The lowest BCUT2D eigenvalue weighted by atomic mass is 10.0. The summed E-state index contributed by atoms with van der Waals surface area (Å²) in [5, 5.41) is 65.3. The fraction of sp³-hybridized carbons (Fsp3) is 0.523. The Balaban J connectivity index is 1.20. The molecule has 64 heavy (non-hydrogen) atoms. The summed E-state index contributed by atoms with van der Waals surface area (Å²) < 4.78 is 39.5. The van der Waals surface area contributed by atoms with Crippen LogP contribution in [0.5, 0.6) is 0 Å². The number of rotatable bonds is 17. The maximum absolute atomic E-state index is 13.9. The first-order valence-corrected chi connectivity index (χ1v) is 21.4. The van der Waals surface area contributed by atoms with Gasteiger partial charge in [0.1, 0.15) is 66.2 Å². The molecule has 0 radical (unpaired) electrons. The number of halogens is 2. The molecule has 5 rings (SSSR count). The highest BCUT2D eigenvalue weighted by Gasteiger charge is 2.56. The van der Waals surface area contributed by atoms with Crippen molar-refractivity contribution < 1.29 is 78.2 Å². The third-order valence-electron chi connectivity index (χ3n) is 10.8. The van der Waals surface area contributed by atoms with Crippen LogP contribution in [-0.2, 0) is 47.5 Å². The Kier molecular flexibility index (Phi) is 19.3. The molecule has 10 unspecified atom stereocenters. The lowest BCUT2D eigenvalue weighted by molar-refractivity contribution is -0.338. The summed E-state index contributed by atoms with van der Waals surface area (Å²) in [5.41, 5.74) is 4.73. The summed E-state index contributed by atoms with van der Waals surface area (Å²) >= 11 is 12.5. The zero-order valence-electron chi connectivity index (χ0n) is 35.3. The minimum Gasteiger partial charge on any atom is -0.507 e. The molecule has 352 valence electrons. The number of alkyl halides is 1. The van der Waals surface area contributed by atoms with Gasteiger partial charge in [-0.15, -0.1) is 11.6 Å². The second-order valence-corrected chi connectivity index (χ2v) is 16.5. The molecule has 0 spiro atoms. The summed E-state index contributed by atoms with van der Waals surface area (Å²) in [5.74, 6) is -3.84. The molecular formula is C44H56Cl2N2O16. The monoisotopic (exact) mass is 938 g/mol. The van der Waals surface area contributed by atoms with Crippen LogP contribution in [0.15, 0.2) is 108 Å². The molecule has 20 heteroatoms. The average molecular weight is 940 g/mol. The lowest BCUT2D eigenvalue weighted by Crippen LogP contribution is -2.65. The fourth-order valence-electron chi connectivity index (χ4n) is 7.47. The topological polar surface area (TPSA) is 266 Å². The van der Waals surface area contributed by atoms with Crippen molar-refractivity contribution in [1.29, 1.82) is 0 Å². The largest absolute Gasteiger partial charge is 0.507 e. The van der Waals surface area contributed by atoms with E-state index in [0.29, 0.717) is 5.03 Å². The summed E-state index contributed by atoms with van der Waals surface area (Å²) in [6.45, 7) is 2.62. The van der Waals surface area contributed by atoms with Gasteiger partial charge in [-0.25, -0.2) is 0 Å². The van der Waals surface area contributed by atoms with E-state index in [1.807, 2.05) is 31.2 Å². The average Bonchev–Trinajstić information content (AvgIpc) is 3.81. The smallest absolute Gasteiger partial charge is 0.264 e. The SMILES string of the molecule is CO[C@@H]1C(OC2COC(OC3C(O)C(O)COC3N3C(=O)/C(=C(O)/C=C/C=C/C=C/C=C/C=C(Cl)/C=C/C=C\C=C\C4O[C@H](C)C[C@@H]4Cl)C(=O)[C@@H]3CC(N)=O)C(O)C2O)O[C@H](C)[C@H]1O. The maximum atomic E-state index is 13.9. The number of hydrogen-bond acceptors (Lipinski definition) is 16. The first-order chi connectivity index (χ1) is 30.5. The fourth-order valence-corrected chi connectivity index (χ4v) is 8.01. The predicted octanol–water partition coefficient (Wildman–Crippen LogP) is 1.30. The van der Waals surface area contributed by atoms with Gasteiger partial charge >= 0.3 is 0 Å². The molecule has 16 atom stereocenters. The molecule has 0 aliphatic carbocycles. The van der Waals surface area contributed by atoms with Crippen LogP contribution in [-0.4, -0.2) is 171 Å². The molecule has 0 aromatic rings. The van der Waals surface area contributed by atoms with Crippen molar-refractivity contribution in [2.45, 2.75) is 124 Å². The standard InChI is InChI=1S/C44H56Cl2N2O16/c1-23-19-26(46)30(61-23)18-14-10-9-12-16-25(45)15-11-7-5-4-6-8-13-17-28(49)33-35(53)27(20-32(47)51)48(41(33)57)42-39(36(54)29(50)21-59-42)64-43-38(56)37(55)31(22-60-43)63-44-40(58-3)34(52)24(2)62-44/h4-18,23-24,26-27,29-31,34,36-40,42-44,49-50,52,54-56H,19-22H2,1-3H3,(H2,47,51)/b5-4+,8-6+,10-9-,11-7+,16-12+,17-13+,18-14+,25-15-,33-28-/t23-,24-,26+,27+,29?,30?,31?,34-,36?,37?,38?,39?,40+,42?,43?,44?/m1/s1. The van der Waals surface area contributed by atoms with Gasteiger partial charge in [-0.1, -0.05) is 84.5 Å². The molecule has 0 saturated carbocycles. The van der Waals surface area contributed by atoms with Crippen LogP contribution in [0, 0.1) is 0 Å². The quantitative estimate of drug-likeness (QED) is 0.0356. The number of methoxy groups -OCH3 is 1. The lowest BCUT2D eigenvalue weighted by Gasteiger charge is -2.46. The van der Waals surface area contributed by atoms with E-state index in [2.05, 4.69) is 0 Å². The second kappa shape index (κ2) is 24.1. The summed E-state index contributed by atoms with van der Waals surface area (Å²) in [6, 6.07) is -1.63. The highest BCUT2D eigenvalue weighted by atomic mass is 35.5. The number of hydrogen-bond donors (Lipinski definition) is 7. The van der Waals surface area contributed by atoms with E-state index in [-0.39, 0.29) is 17.6 Å². The highest BCUT2D eigenvalue weighted by Crippen LogP contribution is 2.35. The van der Waals surface area contributed by atoms with Crippen molar-refractivity contribution in [3.63, 3.8) is 0 Å². The van der Waals surface area contributed by atoms with Crippen LogP contribution in [0.4, 0.5) is 0 Å². The molecule has 5 saturated heterocycles. The minimum atomic E-state index is -1.86. The third-order valence-corrected chi connectivity index (χ3v) is 11.5. The molecule has 0 bridgehead atoms. The molecule has 0 aromatic carbocycles. The minimum absolute atomic E-state index is 0.0373. The van der Waals surface area contributed by atoms with Crippen LogP contribution in [0.1, 0.15) is 26.7 Å². The Labute approximate surface area is 380 Å². The summed E-state index contributed by atoms with van der Waals surface area (Å²) in [6.07, 6.45) is 8.07. The molecule has 5 heterocycles. The van der Waals surface area contributed by atoms with E-state index in [9.17, 15) is 45.0 Å². The first kappa shape index (κ1) is 51.2. The maximum Gasteiger partial charge on any atom is 0.264 e. The number of primary amides is 1. The molecule has 0 aromatic heterocycles. The van der Waals surface area contributed by atoms with Crippen molar-refractivity contribution >= 4 is 40.8 Å². The zero-order chi connectivity index (χ0) is 46.7. The number of carbonyl (C=O) groups excluding carboxylic acids is 3. The number of nitrogens with two attached hydrogens (primary N) is 1. The van der Waals surface area contributed by atoms with E-state index < -0.39 is 128 Å². The van der Waals surface area contributed by atoms with Crippen LogP contribution >= 0.6 is 23.2 Å². The number of aliphatic hydroxyl groups is 6. The van der Waals surface area contributed by atoms with Gasteiger partial charge in [0.25, 0.3) is 5.91 Å². The third kappa shape index (κ3) is 12.9. The van der Waals surface area contributed by atoms with E-state index in [1.54, 1.807) is 55.5 Å².